The first kappa shape index (κ1) is 11.7. The molecule has 1 heterocycles. The highest BCUT2D eigenvalue weighted by Gasteiger charge is 2.31. The molecule has 3 heteroatoms. The first-order valence-corrected chi connectivity index (χ1v) is 5.30. The molecule has 3 nitrogen and oxygen atoms in total. The minimum absolute atomic E-state index is 0.224. The molecular weight excluding hydrogens is 192 g/mol. The maximum absolute atomic E-state index is 11.1. The summed E-state index contributed by atoms with van der Waals surface area (Å²) in [4.78, 5) is 21.8. The lowest BCUT2D eigenvalue weighted by Crippen LogP contribution is -2.05. The molecule has 1 atom stereocenters. The lowest BCUT2D eigenvalue weighted by atomic mass is 10.0. The van der Waals surface area contributed by atoms with Gasteiger partial charge in [-0.1, -0.05) is 37.6 Å². The molecule has 0 spiro atoms. The topological polar surface area (TPSA) is 43.4 Å². The van der Waals surface area contributed by atoms with Crippen LogP contribution in [0, 0.1) is 5.92 Å². The minimum Gasteiger partial charge on any atom is -0.393 e. The summed E-state index contributed by atoms with van der Waals surface area (Å²) in [7, 11) is 0. The summed E-state index contributed by atoms with van der Waals surface area (Å²) in [5, 5.41) is 0. The van der Waals surface area contributed by atoms with E-state index in [1.807, 2.05) is 18.2 Å². The Morgan fingerprint density at radius 1 is 1.33 bits per heavy atom. The number of hydrogen-bond acceptors (Lipinski definition) is 3. The van der Waals surface area contributed by atoms with Crippen molar-refractivity contribution in [2.45, 2.75) is 32.6 Å². The largest absolute Gasteiger partial charge is 0.393 e. The Bertz CT molecular complexity index is 289. The van der Waals surface area contributed by atoms with Gasteiger partial charge in [0.2, 0.25) is 0 Å². The summed E-state index contributed by atoms with van der Waals surface area (Å²) in [6.07, 6.45) is 10.9. The van der Waals surface area contributed by atoms with Gasteiger partial charge in [-0.05, 0) is 12.8 Å². The summed E-state index contributed by atoms with van der Waals surface area (Å²) in [6, 6.07) is 0. The van der Waals surface area contributed by atoms with Crippen molar-refractivity contribution in [3.05, 3.63) is 24.3 Å². The van der Waals surface area contributed by atoms with Crippen molar-refractivity contribution in [3.8, 4) is 0 Å². The van der Waals surface area contributed by atoms with Gasteiger partial charge < -0.3 is 4.74 Å². The number of carbonyl (C=O) groups is 2. The third kappa shape index (κ3) is 4.11. The molecule has 82 valence electrons. The molecule has 15 heavy (non-hydrogen) atoms. The zero-order valence-electron chi connectivity index (χ0n) is 8.94. The molecule has 0 aliphatic carbocycles. The van der Waals surface area contributed by atoms with Crippen LogP contribution in [0.25, 0.3) is 0 Å². The normalized spacial score (nSPS) is 21.8. The molecule has 1 rings (SSSR count). The molecular formula is C12H16O3. The molecule has 0 saturated carbocycles. The van der Waals surface area contributed by atoms with E-state index in [0.717, 1.165) is 12.8 Å². The molecule has 1 aliphatic heterocycles. The Labute approximate surface area is 89.8 Å². The van der Waals surface area contributed by atoms with Crippen LogP contribution in [0.4, 0.5) is 0 Å². The number of ether oxygens (including phenoxy) is 1. The van der Waals surface area contributed by atoms with E-state index in [1.165, 1.54) is 0 Å². The van der Waals surface area contributed by atoms with Gasteiger partial charge in [0.15, 0.2) is 0 Å². The van der Waals surface area contributed by atoms with Gasteiger partial charge in [0.25, 0.3) is 0 Å². The lowest BCUT2D eigenvalue weighted by molar-refractivity contribution is -0.153. The van der Waals surface area contributed by atoms with E-state index >= 15 is 0 Å². The van der Waals surface area contributed by atoms with E-state index in [1.54, 1.807) is 0 Å². The summed E-state index contributed by atoms with van der Waals surface area (Å²) in [6.45, 7) is 2.12. The Balaban J connectivity index is 2.25. The molecule has 0 amide bonds. The van der Waals surface area contributed by atoms with Crippen molar-refractivity contribution in [2.75, 3.05) is 0 Å². The van der Waals surface area contributed by atoms with E-state index in [2.05, 4.69) is 17.7 Å². The van der Waals surface area contributed by atoms with Gasteiger partial charge in [-0.2, -0.15) is 0 Å². The summed E-state index contributed by atoms with van der Waals surface area (Å²) in [5.41, 5.74) is 0. The first-order valence-electron chi connectivity index (χ1n) is 5.30. The van der Waals surface area contributed by atoms with Crippen LogP contribution in [0.3, 0.4) is 0 Å². The van der Waals surface area contributed by atoms with Crippen LogP contribution < -0.4 is 0 Å². The molecule has 0 aromatic rings. The number of carbonyl (C=O) groups excluding carboxylic acids is 2. The zero-order valence-corrected chi connectivity index (χ0v) is 8.94. The van der Waals surface area contributed by atoms with E-state index in [4.69, 9.17) is 0 Å². The Hall–Kier alpha value is -1.38. The second-order valence-corrected chi connectivity index (χ2v) is 3.57. The SMILES string of the molecule is CCCC=CC=CCC1CC(=O)OC1=O. The van der Waals surface area contributed by atoms with Gasteiger partial charge in [-0.25, -0.2) is 0 Å². The van der Waals surface area contributed by atoms with E-state index in [0.29, 0.717) is 6.42 Å². The molecule has 0 aromatic carbocycles. The van der Waals surface area contributed by atoms with Crippen LogP contribution in [-0.4, -0.2) is 11.9 Å². The van der Waals surface area contributed by atoms with Gasteiger partial charge >= 0.3 is 11.9 Å². The molecule has 0 bridgehead atoms. The number of rotatable bonds is 5. The molecule has 0 N–H and O–H groups in total. The monoisotopic (exact) mass is 208 g/mol. The first-order chi connectivity index (χ1) is 7.24. The predicted octanol–water partition coefficient (Wildman–Crippen LogP) is 2.38. The van der Waals surface area contributed by atoms with E-state index in [-0.39, 0.29) is 18.3 Å². The summed E-state index contributed by atoms with van der Waals surface area (Å²) in [5.74, 6) is -1.06. The van der Waals surface area contributed by atoms with Gasteiger partial charge in [0, 0.05) is 0 Å². The van der Waals surface area contributed by atoms with E-state index < -0.39 is 5.97 Å². The van der Waals surface area contributed by atoms with Crippen molar-refractivity contribution >= 4 is 11.9 Å². The van der Waals surface area contributed by atoms with Crippen molar-refractivity contribution in [1.82, 2.24) is 0 Å². The smallest absolute Gasteiger partial charge is 0.317 e. The quantitative estimate of drug-likeness (QED) is 0.396. The van der Waals surface area contributed by atoms with E-state index in [9.17, 15) is 9.59 Å². The summed E-state index contributed by atoms with van der Waals surface area (Å²) < 4.78 is 4.44. The zero-order chi connectivity index (χ0) is 11.1. The van der Waals surface area contributed by atoms with Gasteiger partial charge in [-0.3, -0.25) is 9.59 Å². The standard InChI is InChI=1S/C12H16O3/c1-2-3-4-5-6-7-8-10-9-11(13)15-12(10)14/h4-7,10H,2-3,8-9H2,1H3. The highest BCUT2D eigenvalue weighted by Crippen LogP contribution is 2.19. The second kappa shape index (κ2) is 6.17. The minimum atomic E-state index is -0.403. The third-order valence-corrected chi connectivity index (χ3v) is 2.22. The average molecular weight is 208 g/mol. The third-order valence-electron chi connectivity index (χ3n) is 2.22. The Morgan fingerprint density at radius 2 is 2.07 bits per heavy atom. The average Bonchev–Trinajstić information content (AvgIpc) is 2.51. The molecule has 0 aromatic heterocycles. The fourth-order valence-corrected chi connectivity index (χ4v) is 1.36. The maximum Gasteiger partial charge on any atom is 0.317 e. The van der Waals surface area contributed by atoms with Gasteiger partial charge in [-0.15, -0.1) is 0 Å². The number of esters is 2. The fourth-order valence-electron chi connectivity index (χ4n) is 1.36. The number of unbranched alkanes of at least 4 members (excludes halogenated alkanes) is 1. The molecule has 0 radical (unpaired) electrons. The highest BCUT2D eigenvalue weighted by atomic mass is 16.6. The predicted molar refractivity (Wildman–Crippen MR) is 57.0 cm³/mol. The molecule has 1 unspecified atom stereocenters. The van der Waals surface area contributed by atoms with Crippen LogP contribution in [0.15, 0.2) is 24.3 Å². The van der Waals surface area contributed by atoms with Crippen molar-refractivity contribution in [2.24, 2.45) is 5.92 Å². The molecule has 1 aliphatic rings. The second-order valence-electron chi connectivity index (χ2n) is 3.57. The molecule has 1 fully saturated rings. The molecule has 1 saturated heterocycles. The number of hydrogen-bond donors (Lipinski definition) is 0. The Kier molecular flexibility index (Phi) is 4.81. The lowest BCUT2D eigenvalue weighted by Gasteiger charge is -1.96. The van der Waals surface area contributed by atoms with Crippen molar-refractivity contribution in [1.29, 1.82) is 0 Å². The number of cyclic esters (lactones) is 2. The van der Waals surface area contributed by atoms with Crippen molar-refractivity contribution < 1.29 is 14.3 Å². The summed E-state index contributed by atoms with van der Waals surface area (Å²) >= 11 is 0. The highest BCUT2D eigenvalue weighted by molar-refractivity contribution is 5.94. The van der Waals surface area contributed by atoms with Gasteiger partial charge in [0.05, 0.1) is 12.3 Å². The van der Waals surface area contributed by atoms with Crippen LogP contribution >= 0.6 is 0 Å². The van der Waals surface area contributed by atoms with Crippen LogP contribution in [0.5, 0.6) is 0 Å². The van der Waals surface area contributed by atoms with Crippen LogP contribution in [-0.2, 0) is 14.3 Å². The fraction of sp³-hybridized carbons (Fsp3) is 0.500. The van der Waals surface area contributed by atoms with Crippen molar-refractivity contribution in [3.63, 3.8) is 0 Å². The van der Waals surface area contributed by atoms with Crippen LogP contribution in [0.1, 0.15) is 32.6 Å². The van der Waals surface area contributed by atoms with Gasteiger partial charge in [0.1, 0.15) is 0 Å². The number of allylic oxidation sites excluding steroid dienone is 4. The maximum atomic E-state index is 11.1. The van der Waals surface area contributed by atoms with Crippen LogP contribution in [0.2, 0.25) is 0 Å². The Morgan fingerprint density at radius 3 is 2.67 bits per heavy atom.